The average Bonchev–Trinajstić information content (AvgIpc) is 2.99. The third-order valence-electron chi connectivity index (χ3n) is 3.58. The molecule has 0 spiro atoms. The predicted molar refractivity (Wildman–Crippen MR) is 75.1 cm³/mol. The standard InChI is InChI=1S/C14H24N4O2/c19-14(7-9-18-12-15-11-17-18)16-8-4-10-20-13-5-2-1-3-6-13/h11-13H,1-10H2,(H,16,19). The summed E-state index contributed by atoms with van der Waals surface area (Å²) in [5, 5.41) is 6.86. The topological polar surface area (TPSA) is 69.0 Å². The second-order valence-corrected chi connectivity index (χ2v) is 5.24. The summed E-state index contributed by atoms with van der Waals surface area (Å²) in [5.41, 5.74) is 0. The molecule has 0 unspecified atom stereocenters. The minimum atomic E-state index is 0.0539. The molecule has 1 aromatic rings. The summed E-state index contributed by atoms with van der Waals surface area (Å²) in [6, 6.07) is 0. The van der Waals surface area contributed by atoms with Gasteiger partial charge in [0.2, 0.25) is 5.91 Å². The van der Waals surface area contributed by atoms with Crippen molar-refractivity contribution in [3.05, 3.63) is 12.7 Å². The van der Waals surface area contributed by atoms with E-state index >= 15 is 0 Å². The minimum absolute atomic E-state index is 0.0539. The van der Waals surface area contributed by atoms with Crippen LogP contribution in [0, 0.1) is 0 Å². The zero-order valence-corrected chi connectivity index (χ0v) is 12.0. The van der Waals surface area contributed by atoms with Crippen LogP contribution in [0.4, 0.5) is 0 Å². The van der Waals surface area contributed by atoms with Gasteiger partial charge < -0.3 is 10.1 Å². The van der Waals surface area contributed by atoms with Crippen LogP contribution in [0.2, 0.25) is 0 Å². The van der Waals surface area contributed by atoms with Crippen LogP contribution in [0.15, 0.2) is 12.7 Å². The van der Waals surface area contributed by atoms with Crippen molar-refractivity contribution >= 4 is 5.91 Å². The molecule has 1 aromatic heterocycles. The van der Waals surface area contributed by atoms with Crippen LogP contribution in [0.25, 0.3) is 0 Å². The highest BCUT2D eigenvalue weighted by Crippen LogP contribution is 2.20. The lowest BCUT2D eigenvalue weighted by atomic mass is 9.98. The number of nitrogens with zero attached hydrogens (tertiary/aromatic N) is 3. The van der Waals surface area contributed by atoms with Gasteiger partial charge in [0, 0.05) is 19.6 Å². The molecular weight excluding hydrogens is 256 g/mol. The van der Waals surface area contributed by atoms with Crippen molar-refractivity contribution in [3.8, 4) is 0 Å². The van der Waals surface area contributed by atoms with Gasteiger partial charge in [-0.15, -0.1) is 0 Å². The first-order chi connectivity index (χ1) is 9.84. The minimum Gasteiger partial charge on any atom is -0.378 e. The molecule has 0 bridgehead atoms. The number of nitrogens with one attached hydrogen (secondary N) is 1. The Morgan fingerprint density at radius 3 is 2.95 bits per heavy atom. The van der Waals surface area contributed by atoms with Crippen LogP contribution in [0.3, 0.4) is 0 Å². The lowest BCUT2D eigenvalue weighted by molar-refractivity contribution is -0.121. The van der Waals surface area contributed by atoms with E-state index in [-0.39, 0.29) is 5.91 Å². The second-order valence-electron chi connectivity index (χ2n) is 5.24. The van der Waals surface area contributed by atoms with Crippen LogP contribution >= 0.6 is 0 Å². The fraction of sp³-hybridized carbons (Fsp3) is 0.786. The summed E-state index contributed by atoms with van der Waals surface area (Å²) in [7, 11) is 0. The maximum absolute atomic E-state index is 11.6. The summed E-state index contributed by atoms with van der Waals surface area (Å²) in [6.07, 6.45) is 11.2. The van der Waals surface area contributed by atoms with E-state index in [0.29, 0.717) is 25.6 Å². The first-order valence-electron chi connectivity index (χ1n) is 7.55. The van der Waals surface area contributed by atoms with Crippen molar-refractivity contribution < 1.29 is 9.53 Å². The molecule has 0 saturated heterocycles. The summed E-state index contributed by atoms with van der Waals surface area (Å²) < 4.78 is 7.47. The number of aromatic nitrogens is 3. The molecule has 0 atom stereocenters. The highest BCUT2D eigenvalue weighted by atomic mass is 16.5. The number of aryl methyl sites for hydroxylation is 1. The molecule has 1 amide bonds. The summed E-state index contributed by atoms with van der Waals surface area (Å²) in [6.45, 7) is 2.00. The van der Waals surface area contributed by atoms with Gasteiger partial charge in [-0.2, -0.15) is 5.10 Å². The molecule has 112 valence electrons. The fourth-order valence-corrected chi connectivity index (χ4v) is 2.43. The van der Waals surface area contributed by atoms with Crippen LogP contribution in [0.5, 0.6) is 0 Å². The molecule has 0 aliphatic heterocycles. The lowest BCUT2D eigenvalue weighted by Gasteiger charge is -2.21. The van der Waals surface area contributed by atoms with Crippen molar-refractivity contribution in [2.45, 2.75) is 57.6 Å². The molecular formula is C14H24N4O2. The van der Waals surface area contributed by atoms with E-state index < -0.39 is 0 Å². The largest absolute Gasteiger partial charge is 0.378 e. The van der Waals surface area contributed by atoms with Gasteiger partial charge >= 0.3 is 0 Å². The molecule has 1 N–H and O–H groups in total. The second kappa shape index (κ2) is 8.68. The predicted octanol–water partition coefficient (Wildman–Crippen LogP) is 1.52. The van der Waals surface area contributed by atoms with E-state index in [1.54, 1.807) is 11.0 Å². The molecule has 20 heavy (non-hydrogen) atoms. The molecule has 0 radical (unpaired) electrons. The van der Waals surface area contributed by atoms with Crippen molar-refractivity contribution in [1.29, 1.82) is 0 Å². The van der Waals surface area contributed by atoms with E-state index in [4.69, 9.17) is 4.74 Å². The lowest BCUT2D eigenvalue weighted by Crippen LogP contribution is -2.27. The molecule has 1 aliphatic carbocycles. The van der Waals surface area contributed by atoms with E-state index in [1.165, 1.54) is 38.4 Å². The Bertz CT molecular complexity index is 375. The van der Waals surface area contributed by atoms with Gasteiger partial charge in [-0.05, 0) is 19.3 Å². The van der Waals surface area contributed by atoms with Crippen molar-refractivity contribution in [1.82, 2.24) is 20.1 Å². The highest BCUT2D eigenvalue weighted by molar-refractivity contribution is 5.75. The molecule has 6 heteroatoms. The van der Waals surface area contributed by atoms with Gasteiger partial charge in [-0.3, -0.25) is 9.48 Å². The van der Waals surface area contributed by atoms with Crippen molar-refractivity contribution in [2.75, 3.05) is 13.2 Å². The van der Waals surface area contributed by atoms with Gasteiger partial charge in [0.25, 0.3) is 0 Å². The van der Waals surface area contributed by atoms with Gasteiger partial charge in [0.1, 0.15) is 12.7 Å². The number of carbonyl (C=O) groups excluding carboxylic acids is 1. The average molecular weight is 280 g/mol. The highest BCUT2D eigenvalue weighted by Gasteiger charge is 2.13. The maximum Gasteiger partial charge on any atom is 0.221 e. The number of amides is 1. The zero-order valence-electron chi connectivity index (χ0n) is 12.0. The molecule has 1 saturated carbocycles. The van der Waals surface area contributed by atoms with Crippen LogP contribution in [-0.2, 0) is 16.1 Å². The monoisotopic (exact) mass is 280 g/mol. The fourth-order valence-electron chi connectivity index (χ4n) is 2.43. The molecule has 1 heterocycles. The van der Waals surface area contributed by atoms with E-state index in [0.717, 1.165) is 13.0 Å². The van der Waals surface area contributed by atoms with Crippen LogP contribution in [0.1, 0.15) is 44.9 Å². The number of carbonyl (C=O) groups is 1. The Hall–Kier alpha value is -1.43. The maximum atomic E-state index is 11.6. The summed E-state index contributed by atoms with van der Waals surface area (Å²) in [5.74, 6) is 0.0539. The van der Waals surface area contributed by atoms with Crippen molar-refractivity contribution in [2.24, 2.45) is 0 Å². The van der Waals surface area contributed by atoms with Gasteiger partial charge in [-0.1, -0.05) is 19.3 Å². The number of rotatable bonds is 8. The Balaban J connectivity index is 1.45. The number of hydrogen-bond donors (Lipinski definition) is 1. The summed E-state index contributed by atoms with van der Waals surface area (Å²) in [4.78, 5) is 15.4. The van der Waals surface area contributed by atoms with Gasteiger partial charge in [0.05, 0.1) is 12.6 Å². The van der Waals surface area contributed by atoms with E-state index in [2.05, 4.69) is 15.4 Å². The Morgan fingerprint density at radius 2 is 2.20 bits per heavy atom. The smallest absolute Gasteiger partial charge is 0.221 e. The molecule has 1 fully saturated rings. The molecule has 1 aliphatic rings. The number of ether oxygens (including phenoxy) is 1. The van der Waals surface area contributed by atoms with Gasteiger partial charge in [-0.25, -0.2) is 4.98 Å². The Labute approximate surface area is 119 Å². The van der Waals surface area contributed by atoms with E-state index in [9.17, 15) is 4.79 Å². The quantitative estimate of drug-likeness (QED) is 0.733. The normalized spacial score (nSPS) is 16.2. The van der Waals surface area contributed by atoms with Gasteiger partial charge in [0.15, 0.2) is 0 Å². The number of hydrogen-bond acceptors (Lipinski definition) is 4. The zero-order chi connectivity index (χ0) is 14.0. The van der Waals surface area contributed by atoms with E-state index in [1.807, 2.05) is 0 Å². The third-order valence-corrected chi connectivity index (χ3v) is 3.58. The first kappa shape index (κ1) is 15.0. The van der Waals surface area contributed by atoms with Crippen LogP contribution < -0.4 is 5.32 Å². The van der Waals surface area contributed by atoms with Crippen molar-refractivity contribution in [3.63, 3.8) is 0 Å². The first-order valence-corrected chi connectivity index (χ1v) is 7.55. The third kappa shape index (κ3) is 5.69. The summed E-state index contributed by atoms with van der Waals surface area (Å²) >= 11 is 0. The Kier molecular flexibility index (Phi) is 6.50. The molecule has 0 aromatic carbocycles. The molecule has 2 rings (SSSR count). The SMILES string of the molecule is O=C(CCn1cncn1)NCCCOC1CCCCC1. The molecule has 6 nitrogen and oxygen atoms in total. The Morgan fingerprint density at radius 1 is 1.35 bits per heavy atom. The van der Waals surface area contributed by atoms with Crippen LogP contribution in [-0.4, -0.2) is 39.9 Å².